The number of hydrogen-bond donors (Lipinski definition) is 2. The van der Waals surface area contributed by atoms with Gasteiger partial charge in [0.05, 0.1) is 13.1 Å². The van der Waals surface area contributed by atoms with Crippen LogP contribution in [0.5, 0.6) is 0 Å². The molecule has 1 amide bonds. The van der Waals surface area contributed by atoms with Crippen LogP contribution in [0, 0.1) is 6.92 Å². The van der Waals surface area contributed by atoms with Gasteiger partial charge in [0.25, 0.3) is 0 Å². The van der Waals surface area contributed by atoms with Gasteiger partial charge in [-0.05, 0) is 31.9 Å². The van der Waals surface area contributed by atoms with Crippen LogP contribution >= 0.6 is 0 Å². The van der Waals surface area contributed by atoms with Crippen molar-refractivity contribution >= 4 is 5.91 Å². The minimum absolute atomic E-state index is 0.0928. The van der Waals surface area contributed by atoms with Gasteiger partial charge in [0.1, 0.15) is 11.5 Å². The Morgan fingerprint density at radius 3 is 2.63 bits per heavy atom. The van der Waals surface area contributed by atoms with E-state index in [0.717, 1.165) is 24.4 Å². The lowest BCUT2D eigenvalue weighted by Crippen LogP contribution is -2.40. The maximum atomic E-state index is 11.8. The maximum absolute atomic E-state index is 11.8. The van der Waals surface area contributed by atoms with Crippen molar-refractivity contribution in [2.45, 2.75) is 58.0 Å². The summed E-state index contributed by atoms with van der Waals surface area (Å²) in [5, 5.41) is 6.23. The molecule has 0 unspecified atom stereocenters. The second-order valence-corrected chi connectivity index (χ2v) is 5.37. The first-order valence-corrected chi connectivity index (χ1v) is 7.29. The van der Waals surface area contributed by atoms with Gasteiger partial charge in [-0.25, -0.2) is 0 Å². The summed E-state index contributed by atoms with van der Waals surface area (Å²) in [6.45, 7) is 2.88. The highest BCUT2D eigenvalue weighted by Gasteiger charge is 2.14. The Morgan fingerprint density at radius 2 is 2.00 bits per heavy atom. The Balaban J connectivity index is 1.63. The van der Waals surface area contributed by atoms with Crippen LogP contribution in [-0.2, 0) is 11.3 Å². The number of carbonyl (C=O) groups is 1. The van der Waals surface area contributed by atoms with E-state index in [9.17, 15) is 4.79 Å². The number of aryl methyl sites for hydroxylation is 1. The van der Waals surface area contributed by atoms with Crippen LogP contribution in [0.2, 0.25) is 0 Å². The highest BCUT2D eigenvalue weighted by Crippen LogP contribution is 2.16. The molecule has 1 fully saturated rings. The van der Waals surface area contributed by atoms with E-state index in [-0.39, 0.29) is 5.91 Å². The van der Waals surface area contributed by atoms with Gasteiger partial charge >= 0.3 is 0 Å². The molecule has 0 bridgehead atoms. The summed E-state index contributed by atoms with van der Waals surface area (Å²) >= 11 is 0. The molecule has 2 rings (SSSR count). The van der Waals surface area contributed by atoms with E-state index in [1.165, 1.54) is 25.7 Å². The molecular weight excluding hydrogens is 240 g/mol. The Bertz CT molecular complexity index is 393. The molecule has 4 heteroatoms. The van der Waals surface area contributed by atoms with Gasteiger partial charge in [-0.1, -0.05) is 25.7 Å². The first-order chi connectivity index (χ1) is 9.24. The molecule has 1 aromatic heterocycles. The van der Waals surface area contributed by atoms with E-state index in [1.807, 2.05) is 19.1 Å². The number of carbonyl (C=O) groups excluding carboxylic acids is 1. The van der Waals surface area contributed by atoms with Crippen LogP contribution in [0.4, 0.5) is 0 Å². The Hall–Kier alpha value is -1.29. The number of furan rings is 1. The fourth-order valence-electron chi connectivity index (χ4n) is 2.58. The Kier molecular flexibility index (Phi) is 5.45. The van der Waals surface area contributed by atoms with Crippen LogP contribution in [0.1, 0.15) is 50.0 Å². The van der Waals surface area contributed by atoms with E-state index in [2.05, 4.69) is 10.6 Å². The summed E-state index contributed by atoms with van der Waals surface area (Å²) < 4.78 is 5.44. The molecule has 0 spiro atoms. The van der Waals surface area contributed by atoms with E-state index in [0.29, 0.717) is 19.1 Å². The average molecular weight is 264 g/mol. The third kappa shape index (κ3) is 5.07. The first kappa shape index (κ1) is 14.1. The number of rotatable bonds is 5. The van der Waals surface area contributed by atoms with Crippen LogP contribution in [0.15, 0.2) is 16.5 Å². The summed E-state index contributed by atoms with van der Waals surface area (Å²) in [5.74, 6) is 1.87. The van der Waals surface area contributed by atoms with Gasteiger partial charge in [-0.2, -0.15) is 0 Å². The smallest absolute Gasteiger partial charge is 0.234 e. The molecule has 19 heavy (non-hydrogen) atoms. The Labute approximate surface area is 114 Å². The minimum Gasteiger partial charge on any atom is -0.465 e. The van der Waals surface area contributed by atoms with Crippen molar-refractivity contribution in [2.75, 3.05) is 6.54 Å². The minimum atomic E-state index is 0.0928. The van der Waals surface area contributed by atoms with Gasteiger partial charge in [0, 0.05) is 6.04 Å². The largest absolute Gasteiger partial charge is 0.465 e. The van der Waals surface area contributed by atoms with Crippen LogP contribution < -0.4 is 10.6 Å². The zero-order chi connectivity index (χ0) is 13.5. The fourth-order valence-corrected chi connectivity index (χ4v) is 2.58. The van der Waals surface area contributed by atoms with Crippen LogP contribution in [0.25, 0.3) is 0 Å². The van der Waals surface area contributed by atoms with E-state index < -0.39 is 0 Å². The molecule has 0 atom stereocenters. The molecule has 1 aromatic rings. The van der Waals surface area contributed by atoms with Crippen molar-refractivity contribution in [3.8, 4) is 0 Å². The van der Waals surface area contributed by atoms with Crippen molar-refractivity contribution in [2.24, 2.45) is 0 Å². The lowest BCUT2D eigenvalue weighted by molar-refractivity contribution is -0.121. The van der Waals surface area contributed by atoms with Crippen molar-refractivity contribution in [1.82, 2.24) is 10.6 Å². The standard InChI is InChI=1S/C15H24N2O2/c1-12-8-9-14(19-12)10-16-11-15(18)17-13-6-4-2-3-5-7-13/h8-9,13,16H,2-7,10-11H2,1H3,(H,17,18). The second-order valence-electron chi connectivity index (χ2n) is 5.37. The molecule has 0 aromatic carbocycles. The second kappa shape index (κ2) is 7.34. The van der Waals surface area contributed by atoms with Gasteiger partial charge in [-0.3, -0.25) is 4.79 Å². The highest BCUT2D eigenvalue weighted by molar-refractivity contribution is 5.78. The lowest BCUT2D eigenvalue weighted by Gasteiger charge is -2.16. The molecule has 1 aliphatic carbocycles. The Morgan fingerprint density at radius 1 is 1.26 bits per heavy atom. The number of amides is 1. The third-order valence-electron chi connectivity index (χ3n) is 3.60. The molecule has 106 valence electrons. The summed E-state index contributed by atoms with van der Waals surface area (Å²) in [6.07, 6.45) is 7.35. The SMILES string of the molecule is Cc1ccc(CNCC(=O)NC2CCCCCC2)o1. The van der Waals surface area contributed by atoms with E-state index in [4.69, 9.17) is 4.42 Å². The van der Waals surface area contributed by atoms with Gasteiger partial charge in [0.15, 0.2) is 0 Å². The van der Waals surface area contributed by atoms with Crippen molar-refractivity contribution in [3.63, 3.8) is 0 Å². The molecule has 4 nitrogen and oxygen atoms in total. The van der Waals surface area contributed by atoms with Crippen molar-refractivity contribution in [1.29, 1.82) is 0 Å². The molecule has 0 saturated heterocycles. The maximum Gasteiger partial charge on any atom is 0.234 e. The quantitative estimate of drug-likeness (QED) is 0.803. The van der Waals surface area contributed by atoms with Crippen LogP contribution in [-0.4, -0.2) is 18.5 Å². The van der Waals surface area contributed by atoms with Gasteiger partial charge in [-0.15, -0.1) is 0 Å². The first-order valence-electron chi connectivity index (χ1n) is 7.29. The zero-order valence-electron chi connectivity index (χ0n) is 11.7. The molecule has 1 heterocycles. The molecule has 1 aliphatic rings. The number of hydrogen-bond acceptors (Lipinski definition) is 3. The zero-order valence-corrected chi connectivity index (χ0v) is 11.7. The molecule has 1 saturated carbocycles. The normalized spacial score (nSPS) is 17.1. The highest BCUT2D eigenvalue weighted by atomic mass is 16.3. The predicted molar refractivity (Wildman–Crippen MR) is 74.8 cm³/mol. The van der Waals surface area contributed by atoms with Crippen LogP contribution in [0.3, 0.4) is 0 Å². The summed E-state index contributed by atoms with van der Waals surface area (Å²) in [4.78, 5) is 11.8. The lowest BCUT2D eigenvalue weighted by atomic mass is 10.1. The van der Waals surface area contributed by atoms with Crippen molar-refractivity contribution in [3.05, 3.63) is 23.7 Å². The summed E-state index contributed by atoms with van der Waals surface area (Å²) in [7, 11) is 0. The predicted octanol–water partition coefficient (Wildman–Crippen LogP) is 2.52. The van der Waals surface area contributed by atoms with Crippen molar-refractivity contribution < 1.29 is 9.21 Å². The fraction of sp³-hybridized carbons (Fsp3) is 0.667. The van der Waals surface area contributed by atoms with E-state index >= 15 is 0 Å². The molecule has 0 aliphatic heterocycles. The van der Waals surface area contributed by atoms with Gasteiger partial charge < -0.3 is 15.1 Å². The van der Waals surface area contributed by atoms with Gasteiger partial charge in [0.2, 0.25) is 5.91 Å². The number of nitrogens with one attached hydrogen (secondary N) is 2. The summed E-state index contributed by atoms with van der Waals surface area (Å²) in [5.41, 5.74) is 0. The topological polar surface area (TPSA) is 54.3 Å². The van der Waals surface area contributed by atoms with E-state index in [1.54, 1.807) is 0 Å². The average Bonchev–Trinajstić information content (AvgIpc) is 2.63. The molecule has 0 radical (unpaired) electrons. The molecular formula is C15H24N2O2. The summed E-state index contributed by atoms with van der Waals surface area (Å²) in [6, 6.07) is 4.25. The third-order valence-corrected chi connectivity index (χ3v) is 3.60. The monoisotopic (exact) mass is 264 g/mol. The molecule has 2 N–H and O–H groups in total.